The molecule has 0 spiro atoms. The van der Waals surface area contributed by atoms with Crippen LogP contribution in [0.25, 0.3) is 0 Å². The molecule has 2 atom stereocenters. The van der Waals surface area contributed by atoms with Gasteiger partial charge in [-0.1, -0.05) is 37.3 Å². The molecular formula is C22H35N3O2. The lowest BCUT2D eigenvalue weighted by molar-refractivity contribution is 0.0815. The molecule has 2 aliphatic rings. The van der Waals surface area contributed by atoms with Gasteiger partial charge in [0.25, 0.3) is 0 Å². The van der Waals surface area contributed by atoms with Gasteiger partial charge in [0.15, 0.2) is 0 Å². The third kappa shape index (κ3) is 5.69. The molecule has 0 aliphatic carbocycles. The number of amides is 2. The van der Waals surface area contributed by atoms with E-state index in [1.807, 2.05) is 11.8 Å². The highest BCUT2D eigenvalue weighted by atomic mass is 16.5. The third-order valence-electron chi connectivity index (χ3n) is 6.01. The summed E-state index contributed by atoms with van der Waals surface area (Å²) in [5, 5.41) is 3.20. The second kappa shape index (κ2) is 10.1. The van der Waals surface area contributed by atoms with Crippen molar-refractivity contribution in [3.05, 3.63) is 35.9 Å². The Morgan fingerprint density at radius 1 is 1.26 bits per heavy atom. The Bertz CT molecular complexity index is 566. The van der Waals surface area contributed by atoms with E-state index in [4.69, 9.17) is 4.74 Å². The van der Waals surface area contributed by atoms with Crippen LogP contribution in [-0.4, -0.2) is 61.3 Å². The van der Waals surface area contributed by atoms with Crippen molar-refractivity contribution in [2.24, 2.45) is 5.92 Å². The van der Waals surface area contributed by atoms with E-state index < -0.39 is 0 Å². The van der Waals surface area contributed by atoms with Gasteiger partial charge in [0.1, 0.15) is 0 Å². The maximum absolute atomic E-state index is 12.8. The average Bonchev–Trinajstić information content (AvgIpc) is 3.21. The number of rotatable bonds is 7. The Kier molecular flexibility index (Phi) is 7.53. The second-order valence-electron chi connectivity index (χ2n) is 8.00. The molecule has 3 rings (SSSR count). The number of nitrogens with zero attached hydrogens (tertiary/aromatic N) is 2. The van der Waals surface area contributed by atoms with Crippen LogP contribution in [0.3, 0.4) is 0 Å². The lowest BCUT2D eigenvalue weighted by atomic mass is 9.95. The average molecular weight is 374 g/mol. The number of hydrogen-bond donors (Lipinski definition) is 1. The molecule has 2 heterocycles. The molecule has 1 N–H and O–H groups in total. The zero-order valence-corrected chi connectivity index (χ0v) is 16.9. The summed E-state index contributed by atoms with van der Waals surface area (Å²) in [4.78, 5) is 17.2. The molecule has 2 fully saturated rings. The van der Waals surface area contributed by atoms with Gasteiger partial charge in [-0.2, -0.15) is 0 Å². The van der Waals surface area contributed by atoms with E-state index in [1.165, 1.54) is 18.4 Å². The molecule has 1 aromatic rings. The predicted molar refractivity (Wildman–Crippen MR) is 109 cm³/mol. The van der Waals surface area contributed by atoms with E-state index in [0.29, 0.717) is 19.6 Å². The minimum absolute atomic E-state index is 0.0271. The quantitative estimate of drug-likeness (QED) is 0.793. The Hall–Kier alpha value is -1.59. The van der Waals surface area contributed by atoms with Crippen LogP contribution in [0, 0.1) is 5.92 Å². The van der Waals surface area contributed by atoms with Gasteiger partial charge < -0.3 is 15.0 Å². The fraction of sp³-hybridized carbons (Fsp3) is 0.682. The van der Waals surface area contributed by atoms with Gasteiger partial charge in [-0.05, 0) is 57.2 Å². The maximum atomic E-state index is 12.8. The van der Waals surface area contributed by atoms with E-state index in [1.54, 1.807) is 0 Å². The molecule has 2 amide bonds. The Labute approximate surface area is 164 Å². The number of hydrogen-bond acceptors (Lipinski definition) is 3. The molecule has 0 radical (unpaired) electrons. The van der Waals surface area contributed by atoms with Crippen molar-refractivity contribution in [2.75, 3.05) is 39.3 Å². The van der Waals surface area contributed by atoms with Crippen molar-refractivity contribution in [2.45, 2.75) is 51.7 Å². The summed E-state index contributed by atoms with van der Waals surface area (Å²) in [5.74, 6) is 0.800. The SMILES string of the molecule is CCN(CC1CCCO1)C(=O)NCC(c1ccccc1)N1CCC(C)CC1. The molecule has 0 aromatic heterocycles. The Balaban J connectivity index is 1.60. The third-order valence-corrected chi connectivity index (χ3v) is 6.01. The molecule has 2 saturated heterocycles. The van der Waals surface area contributed by atoms with Gasteiger partial charge in [0, 0.05) is 26.2 Å². The molecule has 2 unspecified atom stereocenters. The lowest BCUT2D eigenvalue weighted by Crippen LogP contribution is -2.47. The molecule has 2 aliphatic heterocycles. The van der Waals surface area contributed by atoms with Crippen molar-refractivity contribution in [1.82, 2.24) is 15.1 Å². The van der Waals surface area contributed by atoms with Gasteiger partial charge in [0.05, 0.1) is 12.1 Å². The highest BCUT2D eigenvalue weighted by Gasteiger charge is 2.26. The molecular weight excluding hydrogens is 338 g/mol. The first-order chi connectivity index (χ1) is 13.2. The number of ether oxygens (including phenoxy) is 1. The van der Waals surface area contributed by atoms with Gasteiger partial charge >= 0.3 is 6.03 Å². The number of nitrogens with one attached hydrogen (secondary N) is 1. The van der Waals surface area contributed by atoms with Crippen molar-refractivity contribution in [3.63, 3.8) is 0 Å². The number of carbonyl (C=O) groups excluding carboxylic acids is 1. The van der Waals surface area contributed by atoms with Crippen molar-refractivity contribution < 1.29 is 9.53 Å². The van der Waals surface area contributed by atoms with Crippen LogP contribution in [0.15, 0.2) is 30.3 Å². The highest BCUT2D eigenvalue weighted by molar-refractivity contribution is 5.74. The monoisotopic (exact) mass is 373 g/mol. The Morgan fingerprint density at radius 2 is 2.00 bits per heavy atom. The van der Waals surface area contributed by atoms with E-state index in [9.17, 15) is 4.79 Å². The molecule has 0 bridgehead atoms. The van der Waals surface area contributed by atoms with Crippen LogP contribution in [0.1, 0.15) is 51.1 Å². The van der Waals surface area contributed by atoms with E-state index in [2.05, 4.69) is 47.5 Å². The van der Waals surface area contributed by atoms with Crippen LogP contribution < -0.4 is 5.32 Å². The van der Waals surface area contributed by atoms with Crippen molar-refractivity contribution in [1.29, 1.82) is 0 Å². The lowest BCUT2D eigenvalue weighted by Gasteiger charge is -2.37. The topological polar surface area (TPSA) is 44.8 Å². The number of urea groups is 1. The van der Waals surface area contributed by atoms with Gasteiger partial charge in [-0.25, -0.2) is 4.79 Å². The van der Waals surface area contributed by atoms with Crippen molar-refractivity contribution in [3.8, 4) is 0 Å². The number of carbonyl (C=O) groups is 1. The number of piperidine rings is 1. The fourth-order valence-electron chi connectivity index (χ4n) is 4.16. The van der Waals surface area contributed by atoms with Gasteiger partial charge in [-0.15, -0.1) is 0 Å². The van der Waals surface area contributed by atoms with E-state index in [0.717, 1.165) is 38.5 Å². The molecule has 0 saturated carbocycles. The van der Waals surface area contributed by atoms with Crippen LogP contribution in [-0.2, 0) is 4.74 Å². The Morgan fingerprint density at radius 3 is 2.63 bits per heavy atom. The first-order valence-electron chi connectivity index (χ1n) is 10.6. The van der Waals surface area contributed by atoms with Crippen LogP contribution in [0.4, 0.5) is 4.79 Å². The standard InChI is InChI=1S/C22H35N3O2/c1-3-24(17-20-10-7-15-27-20)22(26)23-16-21(19-8-5-4-6-9-19)25-13-11-18(2)12-14-25/h4-6,8-9,18,20-21H,3,7,10-17H2,1-2H3,(H,23,26). The minimum Gasteiger partial charge on any atom is -0.376 e. The highest BCUT2D eigenvalue weighted by Crippen LogP contribution is 2.26. The summed E-state index contributed by atoms with van der Waals surface area (Å²) < 4.78 is 5.71. The zero-order chi connectivity index (χ0) is 19.1. The summed E-state index contributed by atoms with van der Waals surface area (Å²) in [7, 11) is 0. The molecule has 5 heteroatoms. The smallest absolute Gasteiger partial charge is 0.317 e. The first-order valence-corrected chi connectivity index (χ1v) is 10.6. The zero-order valence-electron chi connectivity index (χ0n) is 16.9. The van der Waals surface area contributed by atoms with E-state index in [-0.39, 0.29) is 18.2 Å². The van der Waals surface area contributed by atoms with Crippen LogP contribution >= 0.6 is 0 Å². The van der Waals surface area contributed by atoms with Gasteiger partial charge in [-0.3, -0.25) is 4.90 Å². The van der Waals surface area contributed by atoms with Crippen LogP contribution in [0.5, 0.6) is 0 Å². The molecule has 150 valence electrons. The second-order valence-corrected chi connectivity index (χ2v) is 8.00. The van der Waals surface area contributed by atoms with E-state index >= 15 is 0 Å². The summed E-state index contributed by atoms with van der Waals surface area (Å²) in [6.45, 7) is 9.46. The van der Waals surface area contributed by atoms with Crippen molar-refractivity contribution >= 4 is 6.03 Å². The first kappa shape index (κ1) is 20.2. The number of likely N-dealkylation sites (N-methyl/N-ethyl adjacent to an activating group) is 1. The number of likely N-dealkylation sites (tertiary alicyclic amines) is 1. The van der Waals surface area contributed by atoms with Crippen LogP contribution in [0.2, 0.25) is 0 Å². The largest absolute Gasteiger partial charge is 0.376 e. The summed E-state index contributed by atoms with van der Waals surface area (Å²) in [6, 6.07) is 10.9. The molecule has 27 heavy (non-hydrogen) atoms. The fourth-order valence-corrected chi connectivity index (χ4v) is 4.16. The number of benzene rings is 1. The molecule has 5 nitrogen and oxygen atoms in total. The summed E-state index contributed by atoms with van der Waals surface area (Å²) in [6.07, 6.45) is 4.83. The maximum Gasteiger partial charge on any atom is 0.317 e. The molecule has 1 aromatic carbocycles. The normalized spacial score (nSPS) is 22.5. The summed E-state index contributed by atoms with van der Waals surface area (Å²) >= 11 is 0. The predicted octanol–water partition coefficient (Wildman–Crippen LogP) is 3.67. The van der Waals surface area contributed by atoms with Gasteiger partial charge in [0.2, 0.25) is 0 Å². The minimum atomic E-state index is 0.0271. The summed E-state index contributed by atoms with van der Waals surface area (Å²) in [5.41, 5.74) is 1.29.